The highest BCUT2D eigenvalue weighted by Crippen LogP contribution is 2.13. The first-order valence-corrected chi connectivity index (χ1v) is 6.56. The second-order valence-corrected chi connectivity index (χ2v) is 6.06. The van der Waals surface area contributed by atoms with Gasteiger partial charge in [0.15, 0.2) is 0 Å². The molecule has 1 unspecified atom stereocenters. The SMILES string of the molecule is CC(C(=O)NC(C)(C)C)N(C)C1CCNCC1. The van der Waals surface area contributed by atoms with Crippen LogP contribution in [0.2, 0.25) is 0 Å². The summed E-state index contributed by atoms with van der Waals surface area (Å²) < 4.78 is 0. The Morgan fingerprint density at radius 3 is 2.35 bits per heavy atom. The zero-order valence-electron chi connectivity index (χ0n) is 11.8. The number of carbonyl (C=O) groups excluding carboxylic acids is 1. The van der Waals surface area contributed by atoms with Gasteiger partial charge in [-0.05, 0) is 60.7 Å². The van der Waals surface area contributed by atoms with Crippen LogP contribution in [0.1, 0.15) is 40.5 Å². The fourth-order valence-electron chi connectivity index (χ4n) is 2.19. The van der Waals surface area contributed by atoms with E-state index in [9.17, 15) is 4.79 Å². The normalized spacial score (nSPS) is 20.4. The molecule has 4 nitrogen and oxygen atoms in total. The predicted octanol–water partition coefficient (Wildman–Crippen LogP) is 0.973. The Morgan fingerprint density at radius 1 is 1.35 bits per heavy atom. The van der Waals surface area contributed by atoms with Crippen LogP contribution in [0.3, 0.4) is 0 Å². The Bertz CT molecular complexity index is 254. The van der Waals surface area contributed by atoms with Crippen LogP contribution in [0.15, 0.2) is 0 Å². The summed E-state index contributed by atoms with van der Waals surface area (Å²) in [5.74, 6) is 0.124. The molecule has 0 spiro atoms. The standard InChI is InChI=1S/C13H27N3O/c1-10(12(17)15-13(2,3)4)16(5)11-6-8-14-9-7-11/h10-11,14H,6-9H2,1-5H3,(H,15,17). The molecule has 0 saturated carbocycles. The third-order valence-electron chi connectivity index (χ3n) is 3.37. The molecule has 4 heteroatoms. The van der Waals surface area contributed by atoms with E-state index in [2.05, 4.69) is 22.6 Å². The smallest absolute Gasteiger partial charge is 0.237 e. The first-order chi connectivity index (χ1) is 7.81. The topological polar surface area (TPSA) is 44.4 Å². The maximum atomic E-state index is 12.1. The monoisotopic (exact) mass is 241 g/mol. The van der Waals surface area contributed by atoms with E-state index in [0.717, 1.165) is 25.9 Å². The molecule has 1 atom stereocenters. The van der Waals surface area contributed by atoms with Crippen molar-refractivity contribution in [3.63, 3.8) is 0 Å². The molecule has 100 valence electrons. The molecule has 1 heterocycles. The van der Waals surface area contributed by atoms with Crippen LogP contribution in [0.4, 0.5) is 0 Å². The Balaban J connectivity index is 2.50. The molecule has 17 heavy (non-hydrogen) atoms. The molecular formula is C13H27N3O. The molecule has 0 aromatic rings. The van der Waals surface area contributed by atoms with E-state index in [0.29, 0.717) is 6.04 Å². The molecule has 0 bridgehead atoms. The van der Waals surface area contributed by atoms with Gasteiger partial charge < -0.3 is 10.6 Å². The second-order valence-electron chi connectivity index (χ2n) is 6.06. The lowest BCUT2D eigenvalue weighted by molar-refractivity contribution is -0.127. The number of likely N-dealkylation sites (N-methyl/N-ethyl adjacent to an activating group) is 1. The second kappa shape index (κ2) is 5.83. The Hall–Kier alpha value is -0.610. The molecule has 1 amide bonds. The van der Waals surface area contributed by atoms with Gasteiger partial charge in [-0.25, -0.2) is 0 Å². The van der Waals surface area contributed by atoms with E-state index < -0.39 is 0 Å². The lowest BCUT2D eigenvalue weighted by atomic mass is 10.0. The molecule has 1 aliphatic heterocycles. The van der Waals surface area contributed by atoms with Crippen LogP contribution in [-0.4, -0.2) is 48.6 Å². The molecule has 2 N–H and O–H groups in total. The molecule has 0 aromatic carbocycles. The van der Waals surface area contributed by atoms with Crippen molar-refractivity contribution >= 4 is 5.91 Å². The van der Waals surface area contributed by atoms with E-state index in [1.165, 1.54) is 0 Å². The third-order valence-corrected chi connectivity index (χ3v) is 3.37. The van der Waals surface area contributed by atoms with Crippen molar-refractivity contribution in [1.82, 2.24) is 15.5 Å². The first kappa shape index (κ1) is 14.5. The minimum atomic E-state index is -0.152. The zero-order chi connectivity index (χ0) is 13.1. The average molecular weight is 241 g/mol. The highest BCUT2D eigenvalue weighted by Gasteiger charge is 2.27. The Labute approximate surface area is 105 Å². The lowest BCUT2D eigenvalue weighted by Crippen LogP contribution is -2.53. The first-order valence-electron chi connectivity index (χ1n) is 6.56. The predicted molar refractivity (Wildman–Crippen MR) is 71.0 cm³/mol. The van der Waals surface area contributed by atoms with Gasteiger partial charge in [-0.2, -0.15) is 0 Å². The molecule has 1 rings (SSSR count). The van der Waals surface area contributed by atoms with Crippen LogP contribution >= 0.6 is 0 Å². The van der Waals surface area contributed by atoms with Crippen LogP contribution in [-0.2, 0) is 4.79 Å². The molecule has 0 radical (unpaired) electrons. The van der Waals surface area contributed by atoms with Crippen molar-refractivity contribution in [3.8, 4) is 0 Å². The summed E-state index contributed by atoms with van der Waals surface area (Å²) in [4.78, 5) is 14.3. The number of nitrogens with zero attached hydrogens (tertiary/aromatic N) is 1. The number of nitrogens with one attached hydrogen (secondary N) is 2. The summed E-state index contributed by atoms with van der Waals surface area (Å²) in [7, 11) is 2.06. The van der Waals surface area contributed by atoms with E-state index in [4.69, 9.17) is 0 Å². The van der Waals surface area contributed by atoms with Crippen molar-refractivity contribution in [2.45, 2.75) is 58.2 Å². The minimum Gasteiger partial charge on any atom is -0.350 e. The fraction of sp³-hybridized carbons (Fsp3) is 0.923. The maximum Gasteiger partial charge on any atom is 0.237 e. The van der Waals surface area contributed by atoms with Crippen LogP contribution in [0, 0.1) is 0 Å². The van der Waals surface area contributed by atoms with E-state index in [-0.39, 0.29) is 17.5 Å². The van der Waals surface area contributed by atoms with Gasteiger partial charge in [0.1, 0.15) is 0 Å². The van der Waals surface area contributed by atoms with Gasteiger partial charge in [0.2, 0.25) is 5.91 Å². The summed E-state index contributed by atoms with van der Waals surface area (Å²) in [5.41, 5.74) is -0.152. The van der Waals surface area contributed by atoms with Crippen LogP contribution < -0.4 is 10.6 Å². The molecular weight excluding hydrogens is 214 g/mol. The number of carbonyl (C=O) groups is 1. The van der Waals surface area contributed by atoms with Crippen molar-refractivity contribution in [3.05, 3.63) is 0 Å². The molecule has 1 saturated heterocycles. The average Bonchev–Trinajstić information content (AvgIpc) is 2.26. The summed E-state index contributed by atoms with van der Waals surface area (Å²) in [6.07, 6.45) is 2.26. The molecule has 0 aliphatic carbocycles. The van der Waals surface area contributed by atoms with Crippen molar-refractivity contribution in [2.24, 2.45) is 0 Å². The summed E-state index contributed by atoms with van der Waals surface area (Å²) in [5, 5.41) is 6.39. The van der Waals surface area contributed by atoms with Gasteiger partial charge in [0.05, 0.1) is 6.04 Å². The molecule has 0 aromatic heterocycles. The zero-order valence-corrected chi connectivity index (χ0v) is 11.8. The Kier molecular flexibility index (Phi) is 4.95. The minimum absolute atomic E-state index is 0.0580. The van der Waals surface area contributed by atoms with E-state index in [1.54, 1.807) is 0 Å². The number of piperidine rings is 1. The van der Waals surface area contributed by atoms with E-state index in [1.807, 2.05) is 27.7 Å². The van der Waals surface area contributed by atoms with Gasteiger partial charge in [-0.3, -0.25) is 9.69 Å². The van der Waals surface area contributed by atoms with Gasteiger partial charge in [-0.15, -0.1) is 0 Å². The van der Waals surface area contributed by atoms with Crippen LogP contribution in [0.5, 0.6) is 0 Å². The van der Waals surface area contributed by atoms with Crippen LogP contribution in [0.25, 0.3) is 0 Å². The number of amides is 1. The van der Waals surface area contributed by atoms with Gasteiger partial charge >= 0.3 is 0 Å². The summed E-state index contributed by atoms with van der Waals surface area (Å²) >= 11 is 0. The summed E-state index contributed by atoms with van der Waals surface area (Å²) in [6, 6.07) is 0.467. The number of hydrogen-bond donors (Lipinski definition) is 2. The third kappa shape index (κ3) is 4.64. The van der Waals surface area contributed by atoms with Crippen molar-refractivity contribution in [2.75, 3.05) is 20.1 Å². The number of rotatable bonds is 3. The lowest BCUT2D eigenvalue weighted by Gasteiger charge is -2.36. The van der Waals surface area contributed by atoms with Crippen molar-refractivity contribution < 1.29 is 4.79 Å². The van der Waals surface area contributed by atoms with Gasteiger partial charge in [0.25, 0.3) is 0 Å². The highest BCUT2D eigenvalue weighted by atomic mass is 16.2. The quantitative estimate of drug-likeness (QED) is 0.774. The van der Waals surface area contributed by atoms with Gasteiger partial charge in [0, 0.05) is 11.6 Å². The van der Waals surface area contributed by atoms with Crippen molar-refractivity contribution in [1.29, 1.82) is 0 Å². The molecule has 1 aliphatic rings. The highest BCUT2D eigenvalue weighted by molar-refractivity contribution is 5.81. The van der Waals surface area contributed by atoms with Gasteiger partial charge in [-0.1, -0.05) is 0 Å². The van der Waals surface area contributed by atoms with E-state index >= 15 is 0 Å². The fourth-order valence-corrected chi connectivity index (χ4v) is 2.19. The molecule has 1 fully saturated rings. The largest absolute Gasteiger partial charge is 0.350 e. The number of hydrogen-bond acceptors (Lipinski definition) is 3. The summed E-state index contributed by atoms with van der Waals surface area (Å²) in [6.45, 7) is 10.2. The maximum absolute atomic E-state index is 12.1. The Morgan fingerprint density at radius 2 is 1.88 bits per heavy atom.